The van der Waals surface area contributed by atoms with Crippen molar-refractivity contribution in [2.24, 2.45) is 0 Å². The Labute approximate surface area is 131 Å². The number of aryl methyl sites for hydroxylation is 1. The van der Waals surface area contributed by atoms with E-state index >= 15 is 0 Å². The zero-order valence-electron chi connectivity index (χ0n) is 13.2. The quantitative estimate of drug-likeness (QED) is 0.786. The summed E-state index contributed by atoms with van der Waals surface area (Å²) in [6, 6.07) is 7.99. The molecule has 1 aliphatic heterocycles. The highest BCUT2D eigenvalue weighted by atomic mass is 16.6. The van der Waals surface area contributed by atoms with Crippen LogP contribution in [0, 0.1) is 0 Å². The minimum Gasteiger partial charge on any atom is -0.494 e. The van der Waals surface area contributed by atoms with Crippen LogP contribution in [0.4, 0.5) is 0 Å². The molecule has 0 radical (unpaired) electrons. The predicted molar refractivity (Wildman–Crippen MR) is 83.5 cm³/mol. The number of para-hydroxylation sites is 1. The fraction of sp³-hybridized carbons (Fsp3) is 0.471. The van der Waals surface area contributed by atoms with Gasteiger partial charge in [0.05, 0.1) is 6.61 Å². The highest BCUT2D eigenvalue weighted by Gasteiger charge is 2.19. The van der Waals surface area contributed by atoms with Crippen molar-refractivity contribution in [2.75, 3.05) is 26.4 Å². The lowest BCUT2D eigenvalue weighted by Gasteiger charge is -2.19. The van der Waals surface area contributed by atoms with Crippen molar-refractivity contribution in [2.45, 2.75) is 26.7 Å². The van der Waals surface area contributed by atoms with Gasteiger partial charge in [-0.15, -0.1) is 0 Å². The summed E-state index contributed by atoms with van der Waals surface area (Å²) in [5.41, 5.74) is 1.16. The van der Waals surface area contributed by atoms with E-state index in [-0.39, 0.29) is 5.91 Å². The van der Waals surface area contributed by atoms with Crippen LogP contribution in [-0.2, 0) is 20.7 Å². The zero-order valence-corrected chi connectivity index (χ0v) is 13.2. The molecule has 1 amide bonds. The highest BCUT2D eigenvalue weighted by Crippen LogP contribution is 2.19. The van der Waals surface area contributed by atoms with Gasteiger partial charge in [0.25, 0.3) is 5.91 Å². The summed E-state index contributed by atoms with van der Waals surface area (Å²) in [4.78, 5) is 12.0. The number of allylic oxidation sites excluding steroid dienone is 1. The second kappa shape index (κ2) is 8.32. The van der Waals surface area contributed by atoms with E-state index in [2.05, 4.69) is 11.4 Å². The van der Waals surface area contributed by atoms with Crippen LogP contribution in [0.3, 0.4) is 0 Å². The Morgan fingerprint density at radius 3 is 2.82 bits per heavy atom. The van der Waals surface area contributed by atoms with Crippen LogP contribution in [0.1, 0.15) is 25.8 Å². The summed E-state index contributed by atoms with van der Waals surface area (Å²) in [5.74, 6) is 1.54. The lowest BCUT2D eigenvalue weighted by Crippen LogP contribution is -2.30. The molecule has 0 bridgehead atoms. The van der Waals surface area contributed by atoms with Crippen molar-refractivity contribution in [3.8, 4) is 5.75 Å². The molecule has 0 unspecified atom stereocenters. The first-order chi connectivity index (χ1) is 10.7. The molecule has 1 N–H and O–H groups in total. The van der Waals surface area contributed by atoms with Crippen LogP contribution in [0.25, 0.3) is 0 Å². The summed E-state index contributed by atoms with van der Waals surface area (Å²) in [6.45, 7) is 5.86. The number of rotatable bonds is 7. The maximum Gasteiger partial charge on any atom is 0.289 e. The fourth-order valence-electron chi connectivity index (χ4n) is 2.30. The molecule has 0 aliphatic carbocycles. The van der Waals surface area contributed by atoms with Gasteiger partial charge in [-0.2, -0.15) is 0 Å². The van der Waals surface area contributed by atoms with E-state index in [0.717, 1.165) is 24.2 Å². The largest absolute Gasteiger partial charge is 0.494 e. The molecule has 1 aliphatic rings. The zero-order chi connectivity index (χ0) is 15.8. The van der Waals surface area contributed by atoms with Gasteiger partial charge in [0.15, 0.2) is 0 Å². The second-order valence-corrected chi connectivity index (χ2v) is 4.98. The molecule has 1 aromatic rings. The molecule has 0 saturated carbocycles. The number of ether oxygens (including phenoxy) is 3. The summed E-state index contributed by atoms with van der Waals surface area (Å²) in [7, 11) is 0. The molecular formula is C17H23NO4. The van der Waals surface area contributed by atoms with E-state index in [1.807, 2.05) is 25.1 Å². The Balaban J connectivity index is 1.79. The lowest BCUT2D eigenvalue weighted by molar-refractivity contribution is -0.122. The van der Waals surface area contributed by atoms with E-state index in [1.165, 1.54) is 0 Å². The molecule has 2 rings (SSSR count). The van der Waals surface area contributed by atoms with Crippen LogP contribution in [0.2, 0.25) is 0 Å². The van der Waals surface area contributed by atoms with Crippen molar-refractivity contribution < 1.29 is 19.0 Å². The fourth-order valence-corrected chi connectivity index (χ4v) is 2.30. The maximum atomic E-state index is 12.0. The first kappa shape index (κ1) is 16.2. The first-order valence-corrected chi connectivity index (χ1v) is 7.67. The number of nitrogens with one attached hydrogen (secondary N) is 1. The summed E-state index contributed by atoms with van der Waals surface area (Å²) < 4.78 is 16.2. The summed E-state index contributed by atoms with van der Waals surface area (Å²) in [5, 5.41) is 2.86. The van der Waals surface area contributed by atoms with Gasteiger partial charge in [-0.1, -0.05) is 18.2 Å². The molecule has 22 heavy (non-hydrogen) atoms. The molecule has 5 heteroatoms. The van der Waals surface area contributed by atoms with E-state index in [0.29, 0.717) is 37.9 Å². The number of carbonyl (C=O) groups is 1. The smallest absolute Gasteiger partial charge is 0.289 e. The minimum absolute atomic E-state index is 0.213. The van der Waals surface area contributed by atoms with Gasteiger partial charge in [0.1, 0.15) is 24.7 Å². The van der Waals surface area contributed by atoms with Gasteiger partial charge in [-0.05, 0) is 38.3 Å². The SMILES string of the molecule is CCOc1ccccc1CCCNC(=O)C1=C(C)OCCO1. The monoisotopic (exact) mass is 305 g/mol. The van der Waals surface area contributed by atoms with E-state index in [9.17, 15) is 4.79 Å². The van der Waals surface area contributed by atoms with Gasteiger partial charge in [-0.25, -0.2) is 0 Å². The molecule has 120 valence electrons. The van der Waals surface area contributed by atoms with Gasteiger partial charge in [0, 0.05) is 6.54 Å². The van der Waals surface area contributed by atoms with Crippen molar-refractivity contribution in [3.63, 3.8) is 0 Å². The van der Waals surface area contributed by atoms with Crippen molar-refractivity contribution in [1.29, 1.82) is 0 Å². The second-order valence-electron chi connectivity index (χ2n) is 4.98. The van der Waals surface area contributed by atoms with Crippen LogP contribution < -0.4 is 10.1 Å². The molecule has 0 spiro atoms. The highest BCUT2D eigenvalue weighted by molar-refractivity contribution is 5.91. The Bertz CT molecular complexity index is 539. The van der Waals surface area contributed by atoms with Gasteiger partial charge in [-0.3, -0.25) is 4.79 Å². The Kier molecular flexibility index (Phi) is 6.13. The van der Waals surface area contributed by atoms with Gasteiger partial charge < -0.3 is 19.5 Å². The van der Waals surface area contributed by atoms with Gasteiger partial charge >= 0.3 is 0 Å². The minimum atomic E-state index is -0.213. The van der Waals surface area contributed by atoms with Crippen molar-refractivity contribution in [3.05, 3.63) is 41.3 Å². The Morgan fingerprint density at radius 2 is 2.05 bits per heavy atom. The average molecular weight is 305 g/mol. The van der Waals surface area contributed by atoms with Crippen molar-refractivity contribution in [1.82, 2.24) is 5.32 Å². The first-order valence-electron chi connectivity index (χ1n) is 7.67. The molecule has 5 nitrogen and oxygen atoms in total. The van der Waals surface area contributed by atoms with E-state index in [4.69, 9.17) is 14.2 Å². The lowest BCUT2D eigenvalue weighted by atomic mass is 10.1. The summed E-state index contributed by atoms with van der Waals surface area (Å²) in [6.07, 6.45) is 1.69. The maximum absolute atomic E-state index is 12.0. The van der Waals surface area contributed by atoms with Crippen LogP contribution >= 0.6 is 0 Å². The number of benzene rings is 1. The summed E-state index contributed by atoms with van der Waals surface area (Å²) >= 11 is 0. The van der Waals surface area contributed by atoms with Crippen LogP contribution in [-0.4, -0.2) is 32.3 Å². The predicted octanol–water partition coefficient (Wildman–Crippen LogP) is 2.41. The topological polar surface area (TPSA) is 56.8 Å². The third kappa shape index (κ3) is 4.41. The Morgan fingerprint density at radius 1 is 1.27 bits per heavy atom. The van der Waals surface area contributed by atoms with E-state index < -0.39 is 0 Å². The number of carbonyl (C=O) groups excluding carboxylic acids is 1. The Hall–Kier alpha value is -2.17. The standard InChI is InChI=1S/C17H23NO4/c1-3-20-15-9-5-4-7-14(15)8-6-10-18-17(19)16-13(2)21-11-12-22-16/h4-5,7,9H,3,6,8,10-12H2,1-2H3,(H,18,19). The molecule has 1 aromatic carbocycles. The number of hydrogen-bond donors (Lipinski definition) is 1. The number of hydrogen-bond acceptors (Lipinski definition) is 4. The molecule has 0 aromatic heterocycles. The van der Waals surface area contributed by atoms with E-state index in [1.54, 1.807) is 6.92 Å². The van der Waals surface area contributed by atoms with Crippen molar-refractivity contribution >= 4 is 5.91 Å². The number of amides is 1. The molecular weight excluding hydrogens is 282 g/mol. The normalized spacial score (nSPS) is 14.1. The molecule has 0 saturated heterocycles. The molecule has 0 atom stereocenters. The third-order valence-electron chi connectivity index (χ3n) is 3.36. The van der Waals surface area contributed by atoms with Gasteiger partial charge in [0.2, 0.25) is 5.76 Å². The average Bonchev–Trinajstić information content (AvgIpc) is 2.53. The van der Waals surface area contributed by atoms with Crippen LogP contribution in [0.5, 0.6) is 5.75 Å². The molecule has 0 fully saturated rings. The van der Waals surface area contributed by atoms with Crippen LogP contribution in [0.15, 0.2) is 35.8 Å². The molecule has 1 heterocycles. The third-order valence-corrected chi connectivity index (χ3v) is 3.36.